The van der Waals surface area contributed by atoms with Crippen molar-refractivity contribution in [1.29, 1.82) is 0 Å². The van der Waals surface area contributed by atoms with E-state index < -0.39 is 0 Å². The first kappa shape index (κ1) is 15.8. The average Bonchev–Trinajstić information content (AvgIpc) is 2.51. The first-order valence-electron chi connectivity index (χ1n) is 6.64. The number of azo groups is 1. The molecule has 21 heavy (non-hydrogen) atoms. The maximum Gasteiger partial charge on any atom is 0.173 e. The second kappa shape index (κ2) is 8.63. The van der Waals surface area contributed by atoms with Crippen molar-refractivity contribution in [2.75, 3.05) is 7.05 Å². The summed E-state index contributed by atoms with van der Waals surface area (Å²) in [5, 5.41) is 11.5. The third-order valence-electron chi connectivity index (χ3n) is 2.86. The van der Waals surface area contributed by atoms with Gasteiger partial charge in [-0.15, -0.1) is 5.11 Å². The highest BCUT2D eigenvalue weighted by Gasteiger charge is 1.94. The van der Waals surface area contributed by atoms with Crippen LogP contribution >= 0.6 is 22.6 Å². The van der Waals surface area contributed by atoms with Crippen molar-refractivity contribution in [3.05, 3.63) is 63.4 Å². The molecule has 0 bridgehead atoms. The summed E-state index contributed by atoms with van der Waals surface area (Å²) in [5.74, 6) is 0.632. The number of aromatic nitrogens is 1. The molecule has 0 unspecified atom stereocenters. The van der Waals surface area contributed by atoms with Crippen LogP contribution in [0.2, 0.25) is 0 Å². The van der Waals surface area contributed by atoms with E-state index in [4.69, 9.17) is 0 Å². The van der Waals surface area contributed by atoms with Gasteiger partial charge < -0.3 is 5.32 Å². The Hall–Kier alpha value is -1.60. The van der Waals surface area contributed by atoms with Crippen LogP contribution in [0.4, 0.5) is 5.82 Å². The Bertz CT molecular complexity index is 603. The molecule has 1 aromatic heterocycles. The van der Waals surface area contributed by atoms with Gasteiger partial charge in [-0.25, -0.2) is 4.98 Å². The molecule has 1 aromatic carbocycles. The van der Waals surface area contributed by atoms with Gasteiger partial charge in [0.1, 0.15) is 0 Å². The van der Waals surface area contributed by atoms with Crippen molar-refractivity contribution in [2.24, 2.45) is 10.2 Å². The lowest BCUT2D eigenvalue weighted by molar-refractivity contribution is 0.816. The number of hydrogen-bond acceptors (Lipinski definition) is 4. The molecule has 0 amide bonds. The van der Waals surface area contributed by atoms with E-state index in [2.05, 4.69) is 67.4 Å². The summed E-state index contributed by atoms with van der Waals surface area (Å²) in [6.45, 7) is 1.45. The number of nitrogens with zero attached hydrogens (tertiary/aromatic N) is 3. The van der Waals surface area contributed by atoms with Crippen LogP contribution in [0.5, 0.6) is 0 Å². The molecule has 108 valence electrons. The predicted molar refractivity (Wildman–Crippen MR) is 94.7 cm³/mol. The summed E-state index contributed by atoms with van der Waals surface area (Å²) in [6, 6.07) is 12.2. The van der Waals surface area contributed by atoms with Gasteiger partial charge in [0.25, 0.3) is 0 Å². The predicted octanol–water partition coefficient (Wildman–Crippen LogP) is 4.49. The molecular weight excluding hydrogens is 375 g/mol. The molecule has 0 aliphatic rings. The van der Waals surface area contributed by atoms with Gasteiger partial charge in [-0.05, 0) is 46.0 Å². The van der Waals surface area contributed by atoms with Crippen molar-refractivity contribution >= 4 is 34.5 Å². The van der Waals surface area contributed by atoms with Crippen LogP contribution in [0.15, 0.2) is 56.9 Å². The van der Waals surface area contributed by atoms with Gasteiger partial charge in [-0.1, -0.05) is 46.9 Å². The van der Waals surface area contributed by atoms with Gasteiger partial charge in [0, 0.05) is 12.7 Å². The highest BCUT2D eigenvalue weighted by atomic mass is 127. The maximum absolute atomic E-state index is 4.24. The Morgan fingerprint density at radius 2 is 1.90 bits per heavy atom. The number of halogens is 1. The zero-order valence-electron chi connectivity index (χ0n) is 11.8. The molecule has 0 saturated heterocycles. The Labute approximate surface area is 138 Å². The fourth-order valence-corrected chi connectivity index (χ4v) is 2.20. The lowest BCUT2D eigenvalue weighted by Crippen LogP contribution is -2.04. The summed E-state index contributed by atoms with van der Waals surface area (Å²) in [6.07, 6.45) is 3.78. The first-order chi connectivity index (χ1) is 10.3. The van der Waals surface area contributed by atoms with Crippen LogP contribution < -0.4 is 5.32 Å². The fraction of sp³-hybridized carbons (Fsp3) is 0.188. The van der Waals surface area contributed by atoms with E-state index >= 15 is 0 Å². The summed E-state index contributed by atoms with van der Waals surface area (Å²) in [5.41, 5.74) is 3.46. The van der Waals surface area contributed by atoms with Crippen molar-refractivity contribution in [3.63, 3.8) is 0 Å². The topological polar surface area (TPSA) is 49.6 Å². The summed E-state index contributed by atoms with van der Waals surface area (Å²) < 4.78 is 1.95. The van der Waals surface area contributed by atoms with Crippen LogP contribution in [0, 0.1) is 0 Å². The molecule has 0 aliphatic carbocycles. The third-order valence-corrected chi connectivity index (χ3v) is 3.22. The van der Waals surface area contributed by atoms with Gasteiger partial charge >= 0.3 is 0 Å². The molecule has 0 fully saturated rings. The molecule has 0 spiro atoms. The van der Waals surface area contributed by atoms with E-state index in [1.54, 1.807) is 6.20 Å². The molecular formula is C16H17IN4. The quantitative estimate of drug-likeness (QED) is 0.582. The monoisotopic (exact) mass is 392 g/mol. The maximum atomic E-state index is 4.24. The van der Waals surface area contributed by atoms with Crippen LogP contribution in [0.1, 0.15) is 16.7 Å². The van der Waals surface area contributed by atoms with Crippen LogP contribution in [-0.2, 0) is 13.1 Å². The summed E-state index contributed by atoms with van der Waals surface area (Å²) in [4.78, 5) is 4.24. The Balaban J connectivity index is 1.92. The molecule has 2 aromatic rings. The SMILES string of the molecule is CNCc1ccc(CN=Nc2ccc(C=CI)cn2)cc1. The highest BCUT2D eigenvalue weighted by molar-refractivity contribution is 14.1. The number of rotatable bonds is 6. The molecule has 4 nitrogen and oxygen atoms in total. The van der Waals surface area contributed by atoms with Gasteiger partial charge in [0.2, 0.25) is 0 Å². The smallest absolute Gasteiger partial charge is 0.173 e. The molecule has 0 saturated carbocycles. The average molecular weight is 392 g/mol. The molecule has 1 heterocycles. The lowest BCUT2D eigenvalue weighted by atomic mass is 10.1. The second-order valence-corrected chi connectivity index (χ2v) is 5.21. The van der Waals surface area contributed by atoms with E-state index in [1.807, 2.05) is 29.3 Å². The van der Waals surface area contributed by atoms with E-state index in [9.17, 15) is 0 Å². The number of nitrogens with one attached hydrogen (secondary N) is 1. The summed E-state index contributed by atoms with van der Waals surface area (Å²) >= 11 is 2.18. The Kier molecular flexibility index (Phi) is 6.49. The van der Waals surface area contributed by atoms with E-state index in [1.165, 1.54) is 5.56 Å². The first-order valence-corrected chi connectivity index (χ1v) is 7.89. The number of hydrogen-bond donors (Lipinski definition) is 1. The van der Waals surface area contributed by atoms with Crippen LogP contribution in [0.3, 0.4) is 0 Å². The van der Waals surface area contributed by atoms with Crippen LogP contribution in [-0.4, -0.2) is 12.0 Å². The highest BCUT2D eigenvalue weighted by Crippen LogP contribution is 2.12. The van der Waals surface area contributed by atoms with Gasteiger partial charge in [-0.2, -0.15) is 5.11 Å². The largest absolute Gasteiger partial charge is 0.316 e. The van der Waals surface area contributed by atoms with Crippen molar-refractivity contribution in [1.82, 2.24) is 10.3 Å². The normalized spacial score (nSPS) is 11.5. The van der Waals surface area contributed by atoms with Gasteiger partial charge in [-0.3, -0.25) is 0 Å². The molecule has 5 heteroatoms. The zero-order chi connectivity index (χ0) is 14.9. The minimum absolute atomic E-state index is 0.566. The fourth-order valence-electron chi connectivity index (χ4n) is 1.78. The van der Waals surface area contributed by atoms with Crippen molar-refractivity contribution < 1.29 is 0 Å². The second-order valence-electron chi connectivity index (χ2n) is 4.49. The lowest BCUT2D eigenvalue weighted by Gasteiger charge is -2.01. The minimum Gasteiger partial charge on any atom is -0.316 e. The standard InChI is InChI=1S/C16H17IN4/c1-18-10-13-2-4-14(5-3-13)12-20-21-16-7-6-15(8-9-17)11-19-16/h2-9,11,18H,10,12H2,1H3. The number of pyridine rings is 1. The van der Waals surface area contributed by atoms with E-state index in [0.29, 0.717) is 12.4 Å². The van der Waals surface area contributed by atoms with Gasteiger partial charge in [0.05, 0.1) is 6.54 Å². The summed E-state index contributed by atoms with van der Waals surface area (Å²) in [7, 11) is 1.94. The number of benzene rings is 1. The third kappa shape index (κ3) is 5.35. The Morgan fingerprint density at radius 1 is 1.14 bits per heavy atom. The molecule has 0 aliphatic heterocycles. The van der Waals surface area contributed by atoms with Crippen molar-refractivity contribution in [3.8, 4) is 0 Å². The molecule has 1 N–H and O–H groups in total. The zero-order valence-corrected chi connectivity index (χ0v) is 14.0. The van der Waals surface area contributed by atoms with Crippen molar-refractivity contribution in [2.45, 2.75) is 13.1 Å². The van der Waals surface area contributed by atoms with Gasteiger partial charge in [0.15, 0.2) is 5.82 Å². The molecule has 0 radical (unpaired) electrons. The van der Waals surface area contributed by atoms with Crippen LogP contribution in [0.25, 0.3) is 6.08 Å². The van der Waals surface area contributed by atoms with E-state index in [-0.39, 0.29) is 0 Å². The van der Waals surface area contributed by atoms with E-state index in [0.717, 1.165) is 17.7 Å². The molecule has 2 rings (SSSR count). The minimum atomic E-state index is 0.566. The molecule has 0 atom stereocenters. The Morgan fingerprint density at radius 3 is 2.52 bits per heavy atom.